The summed E-state index contributed by atoms with van der Waals surface area (Å²) in [4.78, 5) is 70.2. The lowest BCUT2D eigenvalue weighted by atomic mass is 9.83. The smallest absolute Gasteiger partial charge is 0.339 e. The first kappa shape index (κ1) is 32.6. The summed E-state index contributed by atoms with van der Waals surface area (Å²) in [5.74, 6) is -4.02. The minimum Gasteiger partial charge on any atom is -0.511 e. The molecule has 230 valence electrons. The maximum Gasteiger partial charge on any atom is 0.339 e. The van der Waals surface area contributed by atoms with E-state index in [-0.39, 0.29) is 53.4 Å². The number of allylic oxidation sites excluding steroid dienone is 2. The molecule has 0 spiro atoms. The van der Waals surface area contributed by atoms with Gasteiger partial charge in [-0.3, -0.25) is 19.3 Å². The Morgan fingerprint density at radius 3 is 2.12 bits per heavy atom. The summed E-state index contributed by atoms with van der Waals surface area (Å²) in [6.07, 6.45) is 1.21. The van der Waals surface area contributed by atoms with Crippen molar-refractivity contribution < 1.29 is 52.1 Å². The van der Waals surface area contributed by atoms with E-state index in [0.29, 0.717) is 0 Å². The summed E-state index contributed by atoms with van der Waals surface area (Å²) in [6.45, 7) is 1.56. The minimum absolute atomic E-state index is 0.0314. The van der Waals surface area contributed by atoms with E-state index in [1.807, 2.05) is 4.72 Å². The van der Waals surface area contributed by atoms with E-state index in [0.717, 1.165) is 24.9 Å². The van der Waals surface area contributed by atoms with Gasteiger partial charge in [0.15, 0.2) is 11.6 Å². The van der Waals surface area contributed by atoms with Gasteiger partial charge in [-0.25, -0.2) is 22.7 Å². The van der Waals surface area contributed by atoms with Crippen LogP contribution in [0.25, 0.3) is 0 Å². The van der Waals surface area contributed by atoms with Crippen molar-refractivity contribution in [2.75, 3.05) is 26.2 Å². The maximum atomic E-state index is 12.6. The number of carbonyl (C=O) groups is 5. The number of aliphatic carboxylic acids is 1. The number of aliphatic hydroxyl groups is 1. The molecule has 0 bridgehead atoms. The van der Waals surface area contributed by atoms with Crippen LogP contribution in [0.5, 0.6) is 6.01 Å². The molecule has 1 heterocycles. The Balaban J connectivity index is 0.000000268. The quantitative estimate of drug-likeness (QED) is 0.172. The number of urea groups is 1. The van der Waals surface area contributed by atoms with Gasteiger partial charge in [-0.2, -0.15) is 15.0 Å². The number of ether oxygens (including phenoxy) is 2. The molecule has 17 heteroatoms. The average Bonchev–Trinajstić information content (AvgIpc) is 3.81. The van der Waals surface area contributed by atoms with Crippen LogP contribution in [0.4, 0.5) is 10.7 Å². The molecular weight excluding hydrogens is 590 g/mol. The number of aromatic nitrogens is 3. The number of carbonyl (C=O) groups excluding carboxylic acids is 4. The van der Waals surface area contributed by atoms with E-state index >= 15 is 0 Å². The fourth-order valence-corrected chi connectivity index (χ4v) is 5.07. The molecule has 0 unspecified atom stereocenters. The number of ketones is 2. The van der Waals surface area contributed by atoms with E-state index < -0.39 is 50.4 Å². The van der Waals surface area contributed by atoms with Crippen molar-refractivity contribution in [1.29, 1.82) is 0 Å². The molecular formula is C26H29N5O11S. The highest BCUT2D eigenvalue weighted by Gasteiger charge is 2.40. The summed E-state index contributed by atoms with van der Waals surface area (Å²) < 4.78 is 36.5. The van der Waals surface area contributed by atoms with Gasteiger partial charge in [0.25, 0.3) is 10.0 Å². The van der Waals surface area contributed by atoms with Crippen molar-refractivity contribution in [3.05, 3.63) is 47.0 Å². The number of methoxy groups -OCH3 is 2. The molecule has 3 N–H and O–H groups in total. The number of sulfonamides is 1. The number of nitrogens with one attached hydrogen (secondary N) is 1. The zero-order chi connectivity index (χ0) is 32.1. The molecule has 16 nitrogen and oxygen atoms in total. The van der Waals surface area contributed by atoms with Crippen LogP contribution in [0.2, 0.25) is 0 Å². The molecule has 0 radical (unpaired) electrons. The molecule has 0 saturated heterocycles. The molecule has 2 aliphatic carbocycles. The van der Waals surface area contributed by atoms with Crippen molar-refractivity contribution in [2.24, 2.45) is 11.8 Å². The lowest BCUT2D eigenvalue weighted by Gasteiger charge is -2.19. The molecule has 1 aromatic heterocycles. The SMILES string of the molecule is COC(=O)c1ccccc1S(=O)(=O)NC(=O)N(C)c1nc(C)nc(OC)n1.O=C1CC(C(=O)O)CC(=O)C1=C(O)C1CC1. The number of carboxylic acids is 1. The standard InChI is InChI=1S/C15H17N5O6S.C11H12O5/c1-9-16-13(18-14(17-9)26-4)20(2)15(22)19-27(23,24)11-8-6-5-7-10(11)12(21)25-3;12-7-3-6(11(15)16)4-8(13)9(7)10(14)5-1-2-5/h5-8H,1-4H3,(H,19,22);5-6,14H,1-4H2,(H,15,16). The monoisotopic (exact) mass is 619 g/mol. The van der Waals surface area contributed by atoms with Gasteiger partial charge in [0.2, 0.25) is 5.95 Å². The lowest BCUT2D eigenvalue weighted by Crippen LogP contribution is -2.42. The molecule has 2 aliphatic rings. The van der Waals surface area contributed by atoms with Crippen LogP contribution < -0.4 is 14.4 Å². The molecule has 2 fully saturated rings. The van der Waals surface area contributed by atoms with Gasteiger partial charge in [-0.15, -0.1) is 0 Å². The minimum atomic E-state index is -4.37. The van der Waals surface area contributed by atoms with E-state index in [4.69, 9.17) is 9.84 Å². The first-order valence-corrected chi connectivity index (χ1v) is 14.1. The molecule has 0 aliphatic heterocycles. The van der Waals surface area contributed by atoms with Crippen LogP contribution in [0, 0.1) is 18.8 Å². The Morgan fingerprint density at radius 2 is 1.58 bits per heavy atom. The van der Waals surface area contributed by atoms with Crippen molar-refractivity contribution in [1.82, 2.24) is 19.7 Å². The number of aliphatic hydroxyl groups excluding tert-OH is 1. The molecule has 2 amide bonds. The number of amides is 2. The Hall–Kier alpha value is -4.93. The number of hydrogen-bond acceptors (Lipinski definition) is 13. The molecule has 0 atom stereocenters. The second-order valence-electron chi connectivity index (χ2n) is 9.45. The second kappa shape index (κ2) is 13.4. The average molecular weight is 620 g/mol. The molecule has 1 aromatic carbocycles. The Labute approximate surface area is 245 Å². The summed E-state index contributed by atoms with van der Waals surface area (Å²) >= 11 is 0. The van der Waals surface area contributed by atoms with Crippen molar-refractivity contribution >= 4 is 45.5 Å². The molecule has 43 heavy (non-hydrogen) atoms. The maximum absolute atomic E-state index is 12.6. The fraction of sp³-hybridized carbons (Fsp3) is 0.385. The number of carboxylic acid groups (broad SMARTS) is 1. The zero-order valence-electron chi connectivity index (χ0n) is 23.6. The summed E-state index contributed by atoms with van der Waals surface area (Å²) in [6, 6.07) is 4.26. The topological polar surface area (TPSA) is 232 Å². The van der Waals surface area contributed by atoms with Crippen molar-refractivity contribution in [2.45, 2.75) is 37.5 Å². The Morgan fingerprint density at radius 1 is 0.977 bits per heavy atom. The van der Waals surface area contributed by atoms with Crippen molar-refractivity contribution in [3.63, 3.8) is 0 Å². The first-order valence-electron chi connectivity index (χ1n) is 12.7. The van der Waals surface area contributed by atoms with Gasteiger partial charge in [0.1, 0.15) is 16.5 Å². The number of anilines is 1. The van der Waals surface area contributed by atoms with E-state index in [2.05, 4.69) is 19.7 Å². The largest absolute Gasteiger partial charge is 0.511 e. The highest BCUT2D eigenvalue weighted by molar-refractivity contribution is 7.90. The molecule has 4 rings (SSSR count). The van der Waals surface area contributed by atoms with Crippen LogP contribution in [-0.2, 0) is 29.1 Å². The zero-order valence-corrected chi connectivity index (χ0v) is 24.4. The third kappa shape index (κ3) is 7.88. The number of Topliss-reactive ketones (excluding diaryl/α,β-unsaturated/α-hetero) is 2. The van der Waals surface area contributed by atoms with Gasteiger partial charge < -0.3 is 19.7 Å². The third-order valence-corrected chi connectivity index (χ3v) is 7.67. The van der Waals surface area contributed by atoms with E-state index in [1.165, 1.54) is 38.4 Å². The molecule has 2 aromatic rings. The van der Waals surface area contributed by atoms with Crippen molar-refractivity contribution in [3.8, 4) is 6.01 Å². The number of hydrogen-bond donors (Lipinski definition) is 3. The Bertz CT molecular complexity index is 1580. The van der Waals surface area contributed by atoms with Crippen LogP contribution >= 0.6 is 0 Å². The number of benzene rings is 1. The highest BCUT2D eigenvalue weighted by Crippen LogP contribution is 2.38. The highest BCUT2D eigenvalue weighted by atomic mass is 32.2. The summed E-state index contributed by atoms with van der Waals surface area (Å²) in [7, 11) is -0.640. The van der Waals surface area contributed by atoms with E-state index in [1.54, 1.807) is 6.92 Å². The van der Waals surface area contributed by atoms with Gasteiger partial charge in [0.05, 0.1) is 31.3 Å². The van der Waals surface area contributed by atoms with Gasteiger partial charge >= 0.3 is 24.0 Å². The number of esters is 1. The fourth-order valence-electron chi connectivity index (χ4n) is 3.89. The molecule has 2 saturated carbocycles. The number of nitrogens with zero attached hydrogens (tertiary/aromatic N) is 4. The van der Waals surface area contributed by atoms with Gasteiger partial charge in [-0.1, -0.05) is 12.1 Å². The lowest BCUT2D eigenvalue weighted by molar-refractivity contribution is -0.146. The normalized spacial score (nSPS) is 16.4. The van der Waals surface area contributed by atoms with Gasteiger partial charge in [-0.05, 0) is 31.9 Å². The van der Waals surface area contributed by atoms with Crippen LogP contribution in [0.1, 0.15) is 41.9 Å². The summed E-state index contributed by atoms with van der Waals surface area (Å²) in [5, 5.41) is 18.4. The van der Waals surface area contributed by atoms with Gasteiger partial charge in [0, 0.05) is 25.8 Å². The number of rotatable bonds is 7. The van der Waals surface area contributed by atoms with Crippen LogP contribution in [0.15, 0.2) is 40.5 Å². The van der Waals surface area contributed by atoms with E-state index in [9.17, 15) is 37.5 Å². The van der Waals surface area contributed by atoms with Crippen LogP contribution in [-0.4, -0.2) is 84.4 Å². The summed E-state index contributed by atoms with van der Waals surface area (Å²) in [5.41, 5.74) is -0.361. The predicted octanol–water partition coefficient (Wildman–Crippen LogP) is 1.35. The second-order valence-corrected chi connectivity index (χ2v) is 11.1. The first-order chi connectivity index (χ1) is 20.2. The predicted molar refractivity (Wildman–Crippen MR) is 146 cm³/mol. The third-order valence-electron chi connectivity index (χ3n) is 6.30. The van der Waals surface area contributed by atoms with Crippen LogP contribution in [0.3, 0.4) is 0 Å². The Kier molecular flexibility index (Phi) is 10.1. The number of aryl methyl sites for hydroxylation is 1.